The summed E-state index contributed by atoms with van der Waals surface area (Å²) in [6.07, 6.45) is 13.7. The van der Waals surface area contributed by atoms with Crippen LogP contribution >= 0.6 is 0 Å². The van der Waals surface area contributed by atoms with Gasteiger partial charge in [0, 0.05) is 0 Å². The van der Waals surface area contributed by atoms with Crippen molar-refractivity contribution < 1.29 is 4.43 Å². The first-order chi connectivity index (χ1) is 8.74. The van der Waals surface area contributed by atoms with E-state index in [1.54, 1.807) is 0 Å². The van der Waals surface area contributed by atoms with Crippen LogP contribution in [-0.2, 0) is 4.43 Å². The van der Waals surface area contributed by atoms with Crippen molar-refractivity contribution in [3.8, 4) is 0 Å². The molecule has 108 valence electrons. The lowest BCUT2D eigenvalue weighted by atomic mass is 10.1. The van der Waals surface area contributed by atoms with Crippen LogP contribution in [0.4, 0.5) is 0 Å². The van der Waals surface area contributed by atoms with Crippen molar-refractivity contribution in [1.82, 2.24) is 0 Å². The molecule has 0 saturated heterocycles. The minimum atomic E-state index is -1.39. The van der Waals surface area contributed by atoms with E-state index in [1.807, 2.05) is 6.26 Å². The van der Waals surface area contributed by atoms with E-state index < -0.39 is 8.32 Å². The molecular formula is C16H34OSi. The van der Waals surface area contributed by atoms with Crippen molar-refractivity contribution in [1.29, 1.82) is 0 Å². The van der Waals surface area contributed by atoms with Crippen LogP contribution in [0.25, 0.3) is 0 Å². The first-order valence-corrected chi connectivity index (χ1v) is 10.6. The minimum absolute atomic E-state index is 1.19. The lowest BCUT2D eigenvalue weighted by Crippen LogP contribution is -2.33. The van der Waals surface area contributed by atoms with Crippen LogP contribution in [0, 0.1) is 0 Å². The summed E-state index contributed by atoms with van der Waals surface area (Å²) in [6, 6.07) is 3.71. The Morgan fingerprint density at radius 3 is 1.89 bits per heavy atom. The zero-order valence-corrected chi connectivity index (χ0v) is 14.1. The summed E-state index contributed by atoms with van der Waals surface area (Å²) in [5, 5.41) is 0. The van der Waals surface area contributed by atoms with Gasteiger partial charge < -0.3 is 4.43 Å². The normalized spacial score (nSPS) is 12.2. The molecule has 1 nitrogen and oxygen atoms in total. The predicted octanol–water partition coefficient (Wildman–Crippen LogP) is 6.27. The summed E-state index contributed by atoms with van der Waals surface area (Å²) in [6.45, 7) is 9.10. The van der Waals surface area contributed by atoms with Crippen molar-refractivity contribution in [2.45, 2.75) is 90.8 Å². The van der Waals surface area contributed by atoms with Gasteiger partial charge in [0.25, 0.3) is 0 Å². The van der Waals surface area contributed by atoms with Crippen molar-refractivity contribution in [3.05, 3.63) is 12.3 Å². The van der Waals surface area contributed by atoms with E-state index in [4.69, 9.17) is 4.43 Å². The molecule has 0 radical (unpaired) electrons. The largest absolute Gasteiger partial charge is 0.549 e. The molecule has 0 unspecified atom stereocenters. The molecule has 0 bridgehead atoms. The average Bonchev–Trinajstić information content (AvgIpc) is 2.42. The highest BCUT2D eigenvalue weighted by Gasteiger charge is 2.28. The monoisotopic (exact) mass is 270 g/mol. The third-order valence-electron chi connectivity index (χ3n) is 4.07. The molecule has 0 heterocycles. The summed E-state index contributed by atoms with van der Waals surface area (Å²) in [7, 11) is -1.39. The molecule has 0 aliphatic heterocycles. The number of unbranched alkanes of at least 4 members (excludes halogenated alkanes) is 6. The molecule has 0 aromatic rings. The highest BCUT2D eigenvalue weighted by atomic mass is 28.4. The molecule has 0 rings (SSSR count). The maximum Gasteiger partial charge on any atom is 0.249 e. The zero-order chi connectivity index (χ0) is 13.7. The van der Waals surface area contributed by atoms with E-state index in [9.17, 15) is 0 Å². The molecule has 0 aliphatic rings. The molecule has 0 atom stereocenters. The average molecular weight is 271 g/mol. The lowest BCUT2D eigenvalue weighted by Gasteiger charge is -2.26. The first kappa shape index (κ1) is 17.8. The molecule has 0 amide bonds. The van der Waals surface area contributed by atoms with Gasteiger partial charge in [-0.3, -0.25) is 0 Å². The van der Waals surface area contributed by atoms with Crippen LogP contribution in [0.5, 0.6) is 0 Å². The molecular weight excluding hydrogens is 236 g/mol. The van der Waals surface area contributed by atoms with E-state index in [2.05, 4.69) is 33.8 Å². The fraction of sp³-hybridized carbons (Fsp3) is 0.875. The van der Waals surface area contributed by atoms with Gasteiger partial charge in [0.15, 0.2) is 0 Å². The molecule has 0 saturated carbocycles. The second-order valence-electron chi connectivity index (χ2n) is 5.29. The van der Waals surface area contributed by atoms with Crippen LogP contribution in [0.2, 0.25) is 18.1 Å². The van der Waals surface area contributed by atoms with E-state index in [0.29, 0.717) is 0 Å². The zero-order valence-electron chi connectivity index (χ0n) is 13.1. The van der Waals surface area contributed by atoms with E-state index >= 15 is 0 Å². The molecule has 2 heteroatoms. The fourth-order valence-corrected chi connectivity index (χ4v) is 4.69. The molecule has 0 fully saturated rings. The summed E-state index contributed by atoms with van der Waals surface area (Å²) >= 11 is 0. The van der Waals surface area contributed by atoms with Crippen LogP contribution in [0.3, 0.4) is 0 Å². The van der Waals surface area contributed by atoms with Gasteiger partial charge in [-0.1, -0.05) is 65.9 Å². The van der Waals surface area contributed by atoms with Gasteiger partial charge in [-0.2, -0.15) is 0 Å². The fourth-order valence-electron chi connectivity index (χ4n) is 2.30. The Hall–Kier alpha value is -0.243. The predicted molar refractivity (Wildman–Crippen MR) is 85.4 cm³/mol. The van der Waals surface area contributed by atoms with E-state index in [0.717, 1.165) is 0 Å². The third-order valence-corrected chi connectivity index (χ3v) is 8.57. The highest BCUT2D eigenvalue weighted by molar-refractivity contribution is 6.73. The van der Waals surface area contributed by atoms with Crippen LogP contribution in [-0.4, -0.2) is 8.32 Å². The Bertz CT molecular complexity index is 189. The second kappa shape index (κ2) is 11.8. The van der Waals surface area contributed by atoms with Crippen molar-refractivity contribution in [2.24, 2.45) is 0 Å². The molecule has 0 N–H and O–H groups in total. The van der Waals surface area contributed by atoms with Crippen LogP contribution < -0.4 is 0 Å². The number of hydrogen-bond acceptors (Lipinski definition) is 1. The van der Waals surface area contributed by atoms with Crippen molar-refractivity contribution in [2.75, 3.05) is 0 Å². The maximum absolute atomic E-state index is 6.08. The third kappa shape index (κ3) is 7.96. The highest BCUT2D eigenvalue weighted by Crippen LogP contribution is 2.21. The Morgan fingerprint density at radius 1 is 0.778 bits per heavy atom. The van der Waals surface area contributed by atoms with Gasteiger partial charge in [-0.25, -0.2) is 0 Å². The van der Waals surface area contributed by atoms with E-state index in [1.165, 1.54) is 63.1 Å². The maximum atomic E-state index is 6.08. The summed E-state index contributed by atoms with van der Waals surface area (Å²) in [4.78, 5) is 0. The van der Waals surface area contributed by atoms with E-state index in [-0.39, 0.29) is 0 Å². The van der Waals surface area contributed by atoms with Gasteiger partial charge in [0.1, 0.15) is 0 Å². The Balaban J connectivity index is 3.58. The first-order valence-electron chi connectivity index (χ1n) is 8.07. The van der Waals surface area contributed by atoms with Gasteiger partial charge in [0.2, 0.25) is 8.32 Å². The van der Waals surface area contributed by atoms with Crippen molar-refractivity contribution in [3.63, 3.8) is 0 Å². The Labute approximate surface area is 116 Å². The Morgan fingerprint density at radius 2 is 1.33 bits per heavy atom. The quantitative estimate of drug-likeness (QED) is 0.230. The number of hydrogen-bond donors (Lipinski definition) is 0. The molecule has 0 spiro atoms. The van der Waals surface area contributed by atoms with Crippen LogP contribution in [0.1, 0.15) is 72.6 Å². The van der Waals surface area contributed by atoms with Gasteiger partial charge in [-0.15, -0.1) is 0 Å². The SMILES string of the molecule is CCCCCCCC/C=C\O[Si](CC)(CC)CC. The van der Waals surface area contributed by atoms with Gasteiger partial charge >= 0.3 is 0 Å². The summed E-state index contributed by atoms with van der Waals surface area (Å²) < 4.78 is 6.08. The summed E-state index contributed by atoms with van der Waals surface area (Å²) in [5.74, 6) is 0. The second-order valence-corrected chi connectivity index (χ2v) is 10.0. The molecule has 0 aliphatic carbocycles. The Kier molecular flexibility index (Phi) is 11.7. The topological polar surface area (TPSA) is 9.23 Å². The van der Waals surface area contributed by atoms with Crippen molar-refractivity contribution >= 4 is 8.32 Å². The number of allylic oxidation sites excluding steroid dienone is 1. The van der Waals surface area contributed by atoms with Gasteiger partial charge in [0.05, 0.1) is 6.26 Å². The van der Waals surface area contributed by atoms with Crippen LogP contribution in [0.15, 0.2) is 12.3 Å². The lowest BCUT2D eigenvalue weighted by molar-refractivity contribution is 0.455. The number of rotatable bonds is 12. The smallest absolute Gasteiger partial charge is 0.249 e. The van der Waals surface area contributed by atoms with Gasteiger partial charge in [-0.05, 0) is 31.0 Å². The molecule has 0 aromatic carbocycles. The minimum Gasteiger partial charge on any atom is -0.549 e. The summed E-state index contributed by atoms with van der Waals surface area (Å²) in [5.41, 5.74) is 0. The standard InChI is InChI=1S/C16H34OSi/c1-5-9-10-11-12-13-14-15-16-17-18(6-2,7-3)8-4/h15-16H,5-14H2,1-4H3/b16-15-. The molecule has 18 heavy (non-hydrogen) atoms. The molecule has 0 aromatic heterocycles.